The van der Waals surface area contributed by atoms with Crippen LogP contribution in [0, 0.1) is 0 Å². The molecular weight excluding hydrogens is 778 g/mol. The van der Waals surface area contributed by atoms with Crippen LogP contribution in [-0.2, 0) is 32.7 Å². The lowest BCUT2D eigenvalue weighted by Crippen LogP contribution is -2.29. The number of allylic oxidation sites excluding steroid dienone is 7. The maximum Gasteiger partial charge on any atom is 0.472 e. The minimum absolute atomic E-state index is 0.00625. The number of ether oxygens (including phenoxy) is 2. The zero-order valence-electron chi connectivity index (χ0n) is 38.3. The molecule has 0 heterocycles. The van der Waals surface area contributed by atoms with E-state index >= 15 is 0 Å². The van der Waals surface area contributed by atoms with Gasteiger partial charge in [0.25, 0.3) is 0 Å². The summed E-state index contributed by atoms with van der Waals surface area (Å²) in [4.78, 5) is 35.0. The van der Waals surface area contributed by atoms with Gasteiger partial charge in [-0.25, -0.2) is 4.57 Å². The van der Waals surface area contributed by atoms with Gasteiger partial charge < -0.3 is 25.2 Å². The van der Waals surface area contributed by atoms with Gasteiger partial charge in [-0.15, -0.1) is 0 Å². The van der Waals surface area contributed by atoms with Crippen molar-refractivity contribution in [3.8, 4) is 0 Å². The number of aliphatic hydroxyl groups excluding tert-OH is 1. The highest BCUT2D eigenvalue weighted by atomic mass is 31.2. The highest BCUT2D eigenvalue weighted by Crippen LogP contribution is 2.43. The molecule has 60 heavy (non-hydrogen) atoms. The van der Waals surface area contributed by atoms with E-state index in [1.807, 2.05) is 12.2 Å². The van der Waals surface area contributed by atoms with Gasteiger partial charge in [-0.3, -0.25) is 18.6 Å². The second kappa shape index (κ2) is 45.0. The van der Waals surface area contributed by atoms with Gasteiger partial charge in [-0.2, -0.15) is 0 Å². The third-order valence-electron chi connectivity index (χ3n) is 10.3. The number of nitrogens with two attached hydrogens (primary N) is 1. The fourth-order valence-corrected chi connectivity index (χ4v) is 7.40. The minimum atomic E-state index is -4.43. The molecule has 0 aromatic heterocycles. The summed E-state index contributed by atoms with van der Waals surface area (Å²) < 4.78 is 32.7. The normalized spacial score (nSPS) is 14.2. The first kappa shape index (κ1) is 57.9. The van der Waals surface area contributed by atoms with Gasteiger partial charge >= 0.3 is 19.8 Å². The molecule has 0 aromatic rings. The number of carbonyl (C=O) groups excluding carboxylic acids is 2. The first-order valence-electron chi connectivity index (χ1n) is 24.2. The monoisotopic (exact) mass is 868 g/mol. The predicted octanol–water partition coefficient (Wildman–Crippen LogP) is 13.3. The number of hydrogen-bond donors (Lipinski definition) is 3. The molecule has 0 fully saturated rings. The molecule has 0 spiro atoms. The van der Waals surface area contributed by atoms with Crippen molar-refractivity contribution in [3.63, 3.8) is 0 Å². The Morgan fingerprint density at radius 3 is 1.60 bits per heavy atom. The van der Waals surface area contributed by atoms with Crippen molar-refractivity contribution < 1.29 is 42.7 Å². The maximum atomic E-state index is 12.6. The molecular formula is C49H90NO9P. The molecule has 0 bridgehead atoms. The molecule has 11 heteroatoms. The van der Waals surface area contributed by atoms with Crippen molar-refractivity contribution in [2.24, 2.45) is 5.73 Å². The summed E-state index contributed by atoms with van der Waals surface area (Å²) in [5.41, 5.74) is 5.35. The van der Waals surface area contributed by atoms with Gasteiger partial charge in [0.15, 0.2) is 6.10 Å². The topological polar surface area (TPSA) is 155 Å². The number of hydrogen-bond acceptors (Lipinski definition) is 9. The third-order valence-corrected chi connectivity index (χ3v) is 11.3. The zero-order chi connectivity index (χ0) is 44.0. The van der Waals surface area contributed by atoms with Gasteiger partial charge in [0.2, 0.25) is 0 Å². The molecule has 3 atom stereocenters. The number of esters is 2. The van der Waals surface area contributed by atoms with Crippen LogP contribution in [0.15, 0.2) is 48.6 Å². The lowest BCUT2D eigenvalue weighted by atomic mass is 10.0. The standard InChI is InChI=1S/C49H90NO9P/c1-3-5-7-9-11-13-15-17-18-19-20-21-22-23-24-26-28-30-32-34-36-40-48(52)56-44-47(45-58-60(54,55)57-43-42-50)59-49(53)41-37-39-46(51)38-35-33-31-29-27-25-16-14-12-10-8-6-4-2/h17-18,25,27,31,33,35,38,46-47,51H,3-16,19-24,26,28-30,32,34,36-37,39-45,50H2,1-2H3,(H,54,55)/b18-17-,27-25+,33-31+,38-35+/t46?,47-/m1/s1. The Kier molecular flexibility index (Phi) is 43.4. The van der Waals surface area contributed by atoms with E-state index in [2.05, 4.69) is 38.2 Å². The average Bonchev–Trinajstić information content (AvgIpc) is 3.23. The van der Waals surface area contributed by atoms with Crippen LogP contribution in [0.2, 0.25) is 0 Å². The van der Waals surface area contributed by atoms with Crippen LogP contribution in [0.5, 0.6) is 0 Å². The van der Waals surface area contributed by atoms with Crippen LogP contribution >= 0.6 is 7.82 Å². The summed E-state index contributed by atoms with van der Waals surface area (Å²) >= 11 is 0. The summed E-state index contributed by atoms with van der Waals surface area (Å²) in [6, 6.07) is 0. The van der Waals surface area contributed by atoms with Crippen LogP contribution in [-0.4, -0.2) is 60.5 Å². The molecule has 0 aliphatic rings. The Bertz CT molecular complexity index is 1140. The minimum Gasteiger partial charge on any atom is -0.462 e. The quantitative estimate of drug-likeness (QED) is 0.0177. The SMILES string of the molecule is CCCCCCCC/C=C\CCCCCCCCCCCCCC(=O)OC[C@H](COP(=O)(O)OCCN)OC(=O)CCCC(O)/C=C/C=C/C/C=C/CCCCCCCC. The molecule has 0 amide bonds. The summed E-state index contributed by atoms with van der Waals surface area (Å²) in [6.07, 6.45) is 48.9. The Balaban J connectivity index is 4.22. The van der Waals surface area contributed by atoms with Gasteiger partial charge in [0.1, 0.15) is 6.61 Å². The van der Waals surface area contributed by atoms with Gasteiger partial charge in [0, 0.05) is 19.4 Å². The molecule has 0 saturated carbocycles. The summed E-state index contributed by atoms with van der Waals surface area (Å²) in [6.45, 7) is 3.52. The van der Waals surface area contributed by atoms with Crippen molar-refractivity contribution in [2.75, 3.05) is 26.4 Å². The lowest BCUT2D eigenvalue weighted by molar-refractivity contribution is -0.161. The first-order valence-corrected chi connectivity index (χ1v) is 25.7. The van der Waals surface area contributed by atoms with Crippen LogP contribution < -0.4 is 5.73 Å². The van der Waals surface area contributed by atoms with Crippen LogP contribution in [0.3, 0.4) is 0 Å². The Hall–Kier alpha value is -2.07. The van der Waals surface area contributed by atoms with Gasteiger partial charge in [-0.1, -0.05) is 184 Å². The molecule has 0 radical (unpaired) electrons. The van der Waals surface area contributed by atoms with E-state index in [0.29, 0.717) is 19.3 Å². The van der Waals surface area contributed by atoms with Crippen molar-refractivity contribution in [1.82, 2.24) is 0 Å². The van der Waals surface area contributed by atoms with E-state index in [-0.39, 0.29) is 32.6 Å². The highest BCUT2D eigenvalue weighted by Gasteiger charge is 2.26. The molecule has 0 aliphatic heterocycles. The Labute approximate surface area is 367 Å². The first-order chi connectivity index (χ1) is 29.2. The summed E-state index contributed by atoms with van der Waals surface area (Å²) in [5.74, 6) is -1.02. The van der Waals surface area contributed by atoms with Crippen molar-refractivity contribution >= 4 is 19.8 Å². The number of phosphoric acid groups is 1. The van der Waals surface area contributed by atoms with Crippen molar-refractivity contribution in [1.29, 1.82) is 0 Å². The number of phosphoric ester groups is 1. The lowest BCUT2D eigenvalue weighted by Gasteiger charge is -2.20. The molecule has 4 N–H and O–H groups in total. The number of unbranched alkanes of at least 4 members (excludes halogenated alkanes) is 23. The molecule has 0 saturated heterocycles. The molecule has 350 valence electrons. The van der Waals surface area contributed by atoms with Crippen LogP contribution in [0.4, 0.5) is 0 Å². The van der Waals surface area contributed by atoms with Crippen molar-refractivity contribution in [2.45, 2.75) is 225 Å². The predicted molar refractivity (Wildman–Crippen MR) is 249 cm³/mol. The molecule has 0 rings (SSSR count). The van der Waals surface area contributed by atoms with E-state index < -0.39 is 38.6 Å². The number of aliphatic hydroxyl groups is 1. The third kappa shape index (κ3) is 44.0. The average molecular weight is 868 g/mol. The number of rotatable bonds is 45. The summed E-state index contributed by atoms with van der Waals surface area (Å²) in [5, 5.41) is 10.3. The van der Waals surface area contributed by atoms with Gasteiger partial charge in [0.05, 0.1) is 19.3 Å². The van der Waals surface area contributed by atoms with Crippen molar-refractivity contribution in [3.05, 3.63) is 48.6 Å². The Morgan fingerprint density at radius 1 is 0.583 bits per heavy atom. The van der Waals surface area contributed by atoms with Crippen LogP contribution in [0.25, 0.3) is 0 Å². The van der Waals surface area contributed by atoms with E-state index in [1.54, 1.807) is 12.2 Å². The Morgan fingerprint density at radius 2 is 1.07 bits per heavy atom. The molecule has 2 unspecified atom stereocenters. The number of carbonyl (C=O) groups is 2. The van der Waals surface area contributed by atoms with E-state index in [0.717, 1.165) is 32.1 Å². The largest absolute Gasteiger partial charge is 0.472 e. The van der Waals surface area contributed by atoms with E-state index in [4.69, 9.17) is 24.3 Å². The fraction of sp³-hybridized carbons (Fsp3) is 0.796. The molecule has 0 aromatic carbocycles. The highest BCUT2D eigenvalue weighted by molar-refractivity contribution is 7.47. The second-order valence-electron chi connectivity index (χ2n) is 16.2. The fourth-order valence-electron chi connectivity index (χ4n) is 6.64. The maximum absolute atomic E-state index is 12.6. The molecule has 0 aliphatic carbocycles. The van der Waals surface area contributed by atoms with E-state index in [9.17, 15) is 24.2 Å². The van der Waals surface area contributed by atoms with Crippen LogP contribution in [0.1, 0.15) is 213 Å². The zero-order valence-corrected chi connectivity index (χ0v) is 39.2. The summed E-state index contributed by atoms with van der Waals surface area (Å²) in [7, 11) is -4.43. The molecule has 10 nitrogen and oxygen atoms in total. The smallest absolute Gasteiger partial charge is 0.462 e. The second-order valence-corrected chi connectivity index (χ2v) is 17.6. The van der Waals surface area contributed by atoms with E-state index in [1.165, 1.54) is 135 Å². The van der Waals surface area contributed by atoms with Gasteiger partial charge in [-0.05, 0) is 64.2 Å².